The van der Waals surface area contributed by atoms with Gasteiger partial charge in [-0.2, -0.15) is 5.10 Å². The van der Waals surface area contributed by atoms with Crippen LogP contribution in [-0.2, 0) is 6.54 Å². The Hall–Kier alpha value is -2.96. The van der Waals surface area contributed by atoms with Gasteiger partial charge in [-0.15, -0.1) is 0 Å². The fraction of sp³-hybridized carbons (Fsp3) is 0.368. The van der Waals surface area contributed by atoms with E-state index in [1.54, 1.807) is 0 Å². The van der Waals surface area contributed by atoms with E-state index in [0.717, 1.165) is 39.5 Å². The number of para-hydroxylation sites is 2. The van der Waals surface area contributed by atoms with E-state index in [9.17, 15) is 0 Å². The molecule has 0 spiro atoms. The van der Waals surface area contributed by atoms with Crippen LogP contribution < -0.4 is 5.32 Å². The van der Waals surface area contributed by atoms with Crippen LogP contribution in [0.2, 0.25) is 0 Å². The van der Waals surface area contributed by atoms with Crippen molar-refractivity contribution in [1.29, 1.82) is 0 Å². The molecule has 7 nitrogen and oxygen atoms in total. The molecule has 0 saturated heterocycles. The Morgan fingerprint density at radius 2 is 2.08 bits per heavy atom. The summed E-state index contributed by atoms with van der Waals surface area (Å²) in [4.78, 5) is 17.4. The van der Waals surface area contributed by atoms with Crippen LogP contribution in [0.3, 0.4) is 0 Å². The van der Waals surface area contributed by atoms with Crippen molar-refractivity contribution < 1.29 is 0 Å². The minimum atomic E-state index is 0.225. The van der Waals surface area contributed by atoms with Gasteiger partial charge in [0.25, 0.3) is 0 Å². The lowest BCUT2D eigenvalue weighted by Gasteiger charge is -2.06. The molecule has 3 heterocycles. The largest absolute Gasteiger partial charge is 0.360 e. The van der Waals surface area contributed by atoms with Crippen LogP contribution in [0.15, 0.2) is 30.5 Å². The number of imidazole rings is 1. The Balaban J connectivity index is 1.47. The number of aromatic amines is 1. The van der Waals surface area contributed by atoms with Gasteiger partial charge in [0.1, 0.15) is 5.82 Å². The molecule has 2 N–H and O–H groups in total. The van der Waals surface area contributed by atoms with Gasteiger partial charge in [-0.25, -0.2) is 19.6 Å². The first kappa shape index (κ1) is 15.3. The predicted molar refractivity (Wildman–Crippen MR) is 101 cm³/mol. The predicted octanol–water partition coefficient (Wildman–Crippen LogP) is 3.77. The number of H-pyrrole nitrogens is 1. The van der Waals surface area contributed by atoms with Crippen molar-refractivity contribution in [2.45, 2.75) is 45.2 Å². The number of aromatic nitrogens is 6. The topological polar surface area (TPSA) is 84.3 Å². The first-order valence-corrected chi connectivity index (χ1v) is 9.11. The second kappa shape index (κ2) is 5.79. The highest BCUT2D eigenvalue weighted by molar-refractivity contribution is 5.83. The molecule has 0 aliphatic heterocycles. The smallest absolute Gasteiger partial charge is 0.179 e. The number of hydrogen-bond acceptors (Lipinski definition) is 5. The monoisotopic (exact) mass is 347 g/mol. The molecule has 0 unspecified atom stereocenters. The number of hydrogen-bond donors (Lipinski definition) is 2. The van der Waals surface area contributed by atoms with Gasteiger partial charge in [0, 0.05) is 18.2 Å². The van der Waals surface area contributed by atoms with Crippen molar-refractivity contribution in [3.05, 3.63) is 42.0 Å². The molecule has 1 saturated carbocycles. The Bertz CT molecular complexity index is 1050. The van der Waals surface area contributed by atoms with E-state index in [2.05, 4.69) is 34.1 Å². The molecule has 26 heavy (non-hydrogen) atoms. The molecule has 0 radical (unpaired) electrons. The summed E-state index contributed by atoms with van der Waals surface area (Å²) in [6.45, 7) is 4.78. The lowest BCUT2D eigenvalue weighted by Crippen LogP contribution is -2.06. The van der Waals surface area contributed by atoms with Gasteiger partial charge in [0.15, 0.2) is 17.0 Å². The number of fused-ring (bicyclic) bond motifs is 2. The van der Waals surface area contributed by atoms with Crippen molar-refractivity contribution in [2.24, 2.45) is 0 Å². The zero-order valence-electron chi connectivity index (χ0n) is 14.9. The fourth-order valence-electron chi connectivity index (χ4n) is 3.23. The Morgan fingerprint density at radius 1 is 1.23 bits per heavy atom. The molecule has 1 aliphatic carbocycles. The van der Waals surface area contributed by atoms with Crippen molar-refractivity contribution in [2.75, 3.05) is 5.32 Å². The van der Waals surface area contributed by atoms with Gasteiger partial charge in [-0.05, 0) is 38.8 Å². The lowest BCUT2D eigenvalue weighted by molar-refractivity contribution is 0.547. The highest BCUT2D eigenvalue weighted by Gasteiger charge is 2.27. The van der Waals surface area contributed by atoms with Gasteiger partial charge < -0.3 is 10.3 Å². The third kappa shape index (κ3) is 2.60. The van der Waals surface area contributed by atoms with Crippen molar-refractivity contribution >= 4 is 28.0 Å². The summed E-state index contributed by atoms with van der Waals surface area (Å²) in [6, 6.07) is 8.25. The average Bonchev–Trinajstić information content (AvgIpc) is 3.30. The maximum absolute atomic E-state index is 4.84. The van der Waals surface area contributed by atoms with E-state index in [1.807, 2.05) is 35.1 Å². The SMILES string of the molecule is CC(C)n1nc(NCc2nc3ccccc3[nH]2)c2ncc(C3CC3)nc21. The summed E-state index contributed by atoms with van der Waals surface area (Å²) in [5.41, 5.74) is 4.77. The van der Waals surface area contributed by atoms with Gasteiger partial charge >= 0.3 is 0 Å². The first-order valence-electron chi connectivity index (χ1n) is 9.11. The first-order chi connectivity index (χ1) is 12.7. The van der Waals surface area contributed by atoms with Crippen molar-refractivity contribution in [3.63, 3.8) is 0 Å². The summed E-state index contributed by atoms with van der Waals surface area (Å²) in [5, 5.41) is 8.09. The van der Waals surface area contributed by atoms with Crippen LogP contribution in [0.4, 0.5) is 5.82 Å². The standard InChI is InChI=1S/C19H21N7/c1-11(2)26-19-17(20-9-15(24-19)12-7-8-12)18(25-26)21-10-16-22-13-5-3-4-6-14(13)23-16/h3-6,9,11-12H,7-8,10H2,1-2H3,(H,21,25)(H,22,23). The minimum absolute atomic E-state index is 0.225. The number of rotatable bonds is 5. The van der Waals surface area contributed by atoms with Crippen LogP contribution in [0.25, 0.3) is 22.2 Å². The highest BCUT2D eigenvalue weighted by Crippen LogP contribution is 2.39. The third-order valence-corrected chi connectivity index (χ3v) is 4.77. The Morgan fingerprint density at radius 3 is 2.85 bits per heavy atom. The van der Waals surface area contributed by atoms with Gasteiger partial charge in [-0.1, -0.05) is 12.1 Å². The van der Waals surface area contributed by atoms with Crippen LogP contribution in [-0.4, -0.2) is 29.7 Å². The normalized spacial score (nSPS) is 14.6. The third-order valence-electron chi connectivity index (χ3n) is 4.77. The van der Waals surface area contributed by atoms with E-state index in [1.165, 1.54) is 12.8 Å². The Labute approximate surface area is 150 Å². The summed E-state index contributed by atoms with van der Waals surface area (Å²) in [6.07, 6.45) is 4.33. The van der Waals surface area contributed by atoms with Crippen LogP contribution in [0.1, 0.15) is 50.2 Å². The van der Waals surface area contributed by atoms with Crippen LogP contribution in [0.5, 0.6) is 0 Å². The molecule has 5 rings (SSSR count). The molecule has 0 bridgehead atoms. The number of benzene rings is 1. The van der Waals surface area contributed by atoms with E-state index < -0.39 is 0 Å². The number of anilines is 1. The molecule has 3 aromatic heterocycles. The summed E-state index contributed by atoms with van der Waals surface area (Å²) < 4.78 is 1.95. The number of nitrogens with zero attached hydrogens (tertiary/aromatic N) is 5. The molecule has 1 aromatic carbocycles. The summed E-state index contributed by atoms with van der Waals surface area (Å²) in [7, 11) is 0. The quantitative estimate of drug-likeness (QED) is 0.574. The average molecular weight is 347 g/mol. The second-order valence-electron chi connectivity index (χ2n) is 7.18. The number of nitrogens with one attached hydrogen (secondary N) is 2. The molecular weight excluding hydrogens is 326 g/mol. The molecule has 1 aliphatic rings. The zero-order chi connectivity index (χ0) is 17.7. The minimum Gasteiger partial charge on any atom is -0.360 e. The van der Waals surface area contributed by atoms with Gasteiger partial charge in [0.2, 0.25) is 0 Å². The molecule has 1 fully saturated rings. The Kier molecular flexibility index (Phi) is 3.41. The summed E-state index contributed by atoms with van der Waals surface area (Å²) >= 11 is 0. The maximum atomic E-state index is 4.84. The maximum Gasteiger partial charge on any atom is 0.179 e. The van der Waals surface area contributed by atoms with E-state index in [-0.39, 0.29) is 6.04 Å². The lowest BCUT2D eigenvalue weighted by atomic mass is 10.3. The van der Waals surface area contributed by atoms with Crippen molar-refractivity contribution in [3.8, 4) is 0 Å². The molecule has 4 aromatic rings. The van der Waals surface area contributed by atoms with Gasteiger partial charge in [0.05, 0.1) is 23.3 Å². The van der Waals surface area contributed by atoms with Crippen LogP contribution >= 0.6 is 0 Å². The molecule has 0 atom stereocenters. The molecule has 0 amide bonds. The summed E-state index contributed by atoms with van der Waals surface area (Å²) in [5.74, 6) is 2.21. The van der Waals surface area contributed by atoms with Crippen LogP contribution in [0, 0.1) is 0 Å². The highest BCUT2D eigenvalue weighted by atomic mass is 15.4. The van der Waals surface area contributed by atoms with E-state index >= 15 is 0 Å². The van der Waals surface area contributed by atoms with E-state index in [4.69, 9.17) is 10.1 Å². The molecular formula is C19H21N7. The van der Waals surface area contributed by atoms with E-state index in [0.29, 0.717) is 12.5 Å². The second-order valence-corrected chi connectivity index (χ2v) is 7.18. The molecule has 132 valence electrons. The van der Waals surface area contributed by atoms with Gasteiger partial charge in [-0.3, -0.25) is 0 Å². The zero-order valence-corrected chi connectivity index (χ0v) is 14.9. The van der Waals surface area contributed by atoms with Crippen molar-refractivity contribution in [1.82, 2.24) is 29.7 Å². The fourth-order valence-corrected chi connectivity index (χ4v) is 3.23. The molecule has 7 heteroatoms.